The number of pyridine rings is 1. The molecule has 1 N–H and O–H groups in total. The lowest BCUT2D eigenvalue weighted by Gasteiger charge is -2.12. The maximum absolute atomic E-state index is 11.1. The molecule has 1 atom stereocenters. The van der Waals surface area contributed by atoms with Crippen LogP contribution in [-0.2, 0) is 4.74 Å². The fourth-order valence-corrected chi connectivity index (χ4v) is 2.18. The second kappa shape index (κ2) is 3.73. The van der Waals surface area contributed by atoms with E-state index < -0.39 is 0 Å². The average Bonchev–Trinajstić information content (AvgIpc) is 2.74. The van der Waals surface area contributed by atoms with Crippen molar-refractivity contribution in [2.75, 3.05) is 6.61 Å². The zero-order valence-corrected chi connectivity index (χ0v) is 9.43. The van der Waals surface area contributed by atoms with Crippen LogP contribution in [0.5, 0.6) is 0 Å². The molecule has 4 nitrogen and oxygen atoms in total. The van der Waals surface area contributed by atoms with E-state index in [1.54, 1.807) is 0 Å². The summed E-state index contributed by atoms with van der Waals surface area (Å²) in [5, 5.41) is 3.86. The molecule has 17 heavy (non-hydrogen) atoms. The summed E-state index contributed by atoms with van der Waals surface area (Å²) in [6.45, 7) is 2.33. The van der Waals surface area contributed by atoms with Crippen LogP contribution in [-0.4, -0.2) is 17.7 Å². The van der Waals surface area contributed by atoms with Crippen LogP contribution < -0.4 is 5.32 Å². The molecule has 1 aliphatic rings. The number of amides is 1. The Labute approximate surface area is 98.6 Å². The topological polar surface area (TPSA) is 51.2 Å². The van der Waals surface area contributed by atoms with Crippen molar-refractivity contribution >= 4 is 17.0 Å². The molecule has 1 fully saturated rings. The van der Waals surface area contributed by atoms with Gasteiger partial charge in [0.15, 0.2) is 0 Å². The van der Waals surface area contributed by atoms with Gasteiger partial charge in [-0.15, -0.1) is 0 Å². The predicted octanol–water partition coefficient (Wildman–Crippen LogP) is 2.32. The summed E-state index contributed by atoms with van der Waals surface area (Å²) in [6.07, 6.45) is -0.353. The van der Waals surface area contributed by atoms with Crippen molar-refractivity contribution < 1.29 is 9.53 Å². The minimum absolute atomic E-state index is 0.0749. The van der Waals surface area contributed by atoms with E-state index in [4.69, 9.17) is 4.74 Å². The lowest BCUT2D eigenvalue weighted by molar-refractivity contribution is 0.177. The Morgan fingerprint density at radius 3 is 3.00 bits per heavy atom. The molecule has 2 heterocycles. The predicted molar refractivity (Wildman–Crippen MR) is 63.7 cm³/mol. The quantitative estimate of drug-likeness (QED) is 0.815. The van der Waals surface area contributed by atoms with Crippen molar-refractivity contribution in [1.82, 2.24) is 10.3 Å². The van der Waals surface area contributed by atoms with E-state index in [2.05, 4.69) is 10.3 Å². The van der Waals surface area contributed by atoms with Crippen LogP contribution in [0.2, 0.25) is 0 Å². The normalized spacial score (nSPS) is 19.1. The van der Waals surface area contributed by atoms with Crippen molar-refractivity contribution in [2.45, 2.75) is 13.0 Å². The number of rotatable bonds is 1. The minimum Gasteiger partial charge on any atom is -0.447 e. The smallest absolute Gasteiger partial charge is 0.407 e. The van der Waals surface area contributed by atoms with Crippen LogP contribution in [0.3, 0.4) is 0 Å². The third-order valence-electron chi connectivity index (χ3n) is 2.92. The molecule has 1 aromatic carbocycles. The Hall–Kier alpha value is -2.10. The minimum atomic E-state index is -0.353. The van der Waals surface area contributed by atoms with Crippen LogP contribution in [0.15, 0.2) is 30.3 Å². The van der Waals surface area contributed by atoms with Crippen LogP contribution in [0.4, 0.5) is 4.79 Å². The summed E-state index contributed by atoms with van der Waals surface area (Å²) in [5.74, 6) is 0. The number of aryl methyl sites for hydroxylation is 1. The molecule has 3 rings (SSSR count). The van der Waals surface area contributed by atoms with E-state index in [-0.39, 0.29) is 12.1 Å². The third kappa shape index (κ3) is 1.71. The molecule has 1 saturated heterocycles. The van der Waals surface area contributed by atoms with Crippen molar-refractivity contribution in [3.63, 3.8) is 0 Å². The molecule has 0 saturated carbocycles. The first-order valence-corrected chi connectivity index (χ1v) is 5.53. The molecule has 1 aliphatic heterocycles. The van der Waals surface area contributed by atoms with Crippen LogP contribution in [0.1, 0.15) is 17.3 Å². The zero-order valence-electron chi connectivity index (χ0n) is 9.43. The number of carbonyl (C=O) groups is 1. The molecular weight excluding hydrogens is 216 g/mol. The van der Waals surface area contributed by atoms with Gasteiger partial charge >= 0.3 is 6.09 Å². The number of fused-ring (bicyclic) bond motifs is 1. The van der Waals surface area contributed by atoms with Gasteiger partial charge in [-0.1, -0.05) is 18.2 Å². The van der Waals surface area contributed by atoms with Crippen molar-refractivity contribution in [2.24, 2.45) is 0 Å². The number of para-hydroxylation sites is 1. The second-order valence-corrected chi connectivity index (χ2v) is 4.17. The Bertz CT molecular complexity index is 595. The number of ether oxygens (including phenoxy) is 1. The molecule has 2 aromatic rings. The number of nitrogens with zero attached hydrogens (tertiary/aromatic N) is 1. The molecule has 1 unspecified atom stereocenters. The van der Waals surface area contributed by atoms with Gasteiger partial charge in [-0.2, -0.15) is 0 Å². The third-order valence-corrected chi connectivity index (χ3v) is 2.92. The van der Waals surface area contributed by atoms with Gasteiger partial charge in [0.1, 0.15) is 6.61 Å². The highest BCUT2D eigenvalue weighted by Gasteiger charge is 2.25. The Kier molecular flexibility index (Phi) is 2.21. The standard InChI is InChI=1S/C13H12N2O2/c1-8-6-10(12-7-17-13(16)15-12)9-4-2-3-5-11(9)14-8/h2-6,12H,7H2,1H3,(H,15,16). The maximum Gasteiger partial charge on any atom is 0.407 e. The molecule has 1 aromatic heterocycles. The Morgan fingerprint density at radius 1 is 1.41 bits per heavy atom. The van der Waals surface area contributed by atoms with Gasteiger partial charge in [0, 0.05) is 11.1 Å². The van der Waals surface area contributed by atoms with Gasteiger partial charge in [-0.05, 0) is 24.6 Å². The van der Waals surface area contributed by atoms with E-state index in [0.717, 1.165) is 22.2 Å². The number of aromatic nitrogens is 1. The van der Waals surface area contributed by atoms with E-state index in [1.165, 1.54) is 0 Å². The average molecular weight is 228 g/mol. The fourth-order valence-electron chi connectivity index (χ4n) is 2.18. The van der Waals surface area contributed by atoms with E-state index in [9.17, 15) is 4.79 Å². The summed E-state index contributed by atoms with van der Waals surface area (Å²) in [7, 11) is 0. The molecule has 1 amide bonds. The summed E-state index contributed by atoms with van der Waals surface area (Å²) in [5.41, 5.74) is 2.96. The van der Waals surface area contributed by atoms with Crippen LogP contribution >= 0.6 is 0 Å². The van der Waals surface area contributed by atoms with E-state index >= 15 is 0 Å². The van der Waals surface area contributed by atoms with Crippen molar-refractivity contribution in [1.29, 1.82) is 0 Å². The lowest BCUT2D eigenvalue weighted by atomic mass is 10.0. The Morgan fingerprint density at radius 2 is 2.24 bits per heavy atom. The summed E-state index contributed by atoms with van der Waals surface area (Å²) >= 11 is 0. The van der Waals surface area contributed by atoms with Crippen LogP contribution in [0, 0.1) is 6.92 Å². The highest BCUT2D eigenvalue weighted by atomic mass is 16.6. The fraction of sp³-hybridized carbons (Fsp3) is 0.231. The molecule has 4 heteroatoms. The first kappa shape index (κ1) is 10.1. The van der Waals surface area contributed by atoms with E-state index in [1.807, 2.05) is 37.3 Å². The number of hydrogen-bond donors (Lipinski definition) is 1. The molecule has 0 bridgehead atoms. The monoisotopic (exact) mass is 228 g/mol. The van der Waals surface area contributed by atoms with Gasteiger partial charge in [0.2, 0.25) is 0 Å². The number of cyclic esters (lactones) is 1. The van der Waals surface area contributed by atoms with Gasteiger partial charge < -0.3 is 10.1 Å². The number of carbonyl (C=O) groups excluding carboxylic acids is 1. The second-order valence-electron chi connectivity index (χ2n) is 4.17. The summed E-state index contributed by atoms with van der Waals surface area (Å²) < 4.78 is 4.94. The van der Waals surface area contributed by atoms with Crippen LogP contribution in [0.25, 0.3) is 10.9 Å². The first-order valence-electron chi connectivity index (χ1n) is 5.53. The number of benzene rings is 1. The maximum atomic E-state index is 11.1. The van der Waals surface area contributed by atoms with E-state index in [0.29, 0.717) is 6.61 Å². The largest absolute Gasteiger partial charge is 0.447 e. The van der Waals surface area contributed by atoms with Crippen molar-refractivity contribution in [3.8, 4) is 0 Å². The van der Waals surface area contributed by atoms with Gasteiger partial charge in [0.25, 0.3) is 0 Å². The lowest BCUT2D eigenvalue weighted by Crippen LogP contribution is -2.18. The SMILES string of the molecule is Cc1cc(C2COC(=O)N2)c2ccccc2n1. The summed E-state index contributed by atoms with van der Waals surface area (Å²) in [4.78, 5) is 15.6. The Balaban J connectivity index is 2.17. The number of nitrogens with one attached hydrogen (secondary N) is 1. The van der Waals surface area contributed by atoms with Gasteiger partial charge in [0.05, 0.1) is 11.6 Å². The number of hydrogen-bond acceptors (Lipinski definition) is 3. The van der Waals surface area contributed by atoms with Gasteiger partial charge in [-0.3, -0.25) is 4.98 Å². The number of alkyl carbamates (subject to hydrolysis) is 1. The summed E-state index contributed by atoms with van der Waals surface area (Å²) in [6, 6.07) is 9.85. The molecule has 86 valence electrons. The molecular formula is C13H12N2O2. The molecule has 0 aliphatic carbocycles. The highest BCUT2D eigenvalue weighted by molar-refractivity contribution is 5.84. The van der Waals surface area contributed by atoms with Gasteiger partial charge in [-0.25, -0.2) is 4.79 Å². The highest BCUT2D eigenvalue weighted by Crippen LogP contribution is 2.26. The zero-order chi connectivity index (χ0) is 11.8. The first-order chi connectivity index (χ1) is 8.24. The molecule has 0 spiro atoms. The van der Waals surface area contributed by atoms with Crippen molar-refractivity contribution in [3.05, 3.63) is 41.6 Å². The molecule has 0 radical (unpaired) electrons.